The predicted molar refractivity (Wildman–Crippen MR) is 128 cm³/mol. The number of anilines is 4. The zero-order valence-corrected chi connectivity index (χ0v) is 19.7. The topological polar surface area (TPSA) is 136 Å². The third-order valence-electron chi connectivity index (χ3n) is 4.78. The summed E-state index contributed by atoms with van der Waals surface area (Å²) in [6.07, 6.45) is -1.68. The first-order chi connectivity index (χ1) is 15.4. The number of aliphatic hydroxyl groups is 3. The van der Waals surface area contributed by atoms with E-state index in [0.717, 1.165) is 22.7 Å². The predicted octanol–water partition coefficient (Wildman–Crippen LogP) is 1.54. The van der Waals surface area contributed by atoms with Crippen LogP contribution in [0, 0.1) is 0 Å². The lowest BCUT2D eigenvalue weighted by Gasteiger charge is -2.26. The molecule has 0 amide bonds. The summed E-state index contributed by atoms with van der Waals surface area (Å²) in [5.74, 6) is 0. The summed E-state index contributed by atoms with van der Waals surface area (Å²) >= 11 is 0. The molecule has 2 aromatic carbocycles. The van der Waals surface area contributed by atoms with E-state index in [1.807, 2.05) is 48.5 Å². The van der Waals surface area contributed by atoms with Gasteiger partial charge < -0.3 is 49.9 Å². The van der Waals surface area contributed by atoms with Crippen LogP contribution < -0.4 is 21.3 Å². The summed E-state index contributed by atoms with van der Waals surface area (Å²) in [5, 5.41) is 41.5. The van der Waals surface area contributed by atoms with Gasteiger partial charge in [-0.15, -0.1) is 0 Å². The van der Waals surface area contributed by atoms with Gasteiger partial charge in [0.1, 0.15) is 0 Å². The number of hydrogen-bond donors (Lipinski definition) is 7. The Labute approximate surface area is 189 Å². The lowest BCUT2D eigenvalue weighted by atomic mass is 10.2. The molecule has 2 atom stereocenters. The van der Waals surface area contributed by atoms with Crippen LogP contribution in [0.4, 0.5) is 22.7 Å². The summed E-state index contributed by atoms with van der Waals surface area (Å²) in [6.45, 7) is 0.858. The molecule has 2 aromatic rings. The molecule has 11 heteroatoms. The summed E-state index contributed by atoms with van der Waals surface area (Å²) < 4.78 is 16.0. The molecule has 0 bridgehead atoms. The lowest BCUT2D eigenvalue weighted by Crippen LogP contribution is -2.46. The highest BCUT2D eigenvalue weighted by molar-refractivity contribution is 6.60. The van der Waals surface area contributed by atoms with E-state index in [4.69, 9.17) is 18.4 Å². The van der Waals surface area contributed by atoms with Crippen LogP contribution in [0.25, 0.3) is 0 Å². The van der Waals surface area contributed by atoms with Gasteiger partial charge in [0.05, 0.1) is 12.7 Å². The minimum absolute atomic E-state index is 0.0647. The van der Waals surface area contributed by atoms with Crippen LogP contribution in [-0.2, 0) is 13.3 Å². The molecule has 0 saturated heterocycles. The van der Waals surface area contributed by atoms with E-state index in [-0.39, 0.29) is 12.7 Å². The van der Waals surface area contributed by atoms with E-state index in [1.165, 1.54) is 21.3 Å². The van der Waals surface area contributed by atoms with Gasteiger partial charge in [-0.2, -0.15) is 0 Å². The van der Waals surface area contributed by atoms with E-state index in [2.05, 4.69) is 21.3 Å². The molecule has 0 fully saturated rings. The molecule has 0 aromatic heterocycles. The SMILES string of the molecule is CO[Si](CC(O)CNc1ccc(NC(O)Nc2ccc(NCCO)cc2)cc1)(OC)OC. The van der Waals surface area contributed by atoms with Crippen molar-refractivity contribution in [2.24, 2.45) is 0 Å². The first kappa shape index (κ1) is 25.9. The van der Waals surface area contributed by atoms with Gasteiger partial charge in [-0.05, 0) is 48.5 Å². The van der Waals surface area contributed by atoms with Crippen LogP contribution in [-0.4, -0.2) is 77.6 Å². The molecule has 178 valence electrons. The monoisotopic (exact) mass is 466 g/mol. The average Bonchev–Trinajstić information content (AvgIpc) is 2.81. The zero-order valence-electron chi connectivity index (χ0n) is 18.7. The summed E-state index contributed by atoms with van der Waals surface area (Å²) in [4.78, 5) is 0. The van der Waals surface area contributed by atoms with Gasteiger partial charge in [0.15, 0.2) is 0 Å². The maximum absolute atomic E-state index is 10.3. The smallest absolute Gasteiger partial charge is 0.395 e. The minimum atomic E-state index is -2.84. The Bertz CT molecular complexity index is 769. The van der Waals surface area contributed by atoms with Crippen molar-refractivity contribution in [3.63, 3.8) is 0 Å². The van der Waals surface area contributed by atoms with Gasteiger partial charge in [0, 0.05) is 63.2 Å². The van der Waals surface area contributed by atoms with Crippen molar-refractivity contribution < 1.29 is 28.6 Å². The molecule has 2 rings (SSSR count). The molecular formula is C21H34N4O6Si. The molecule has 0 heterocycles. The summed E-state index contributed by atoms with van der Waals surface area (Å²) in [7, 11) is 1.71. The third-order valence-corrected chi connectivity index (χ3v) is 7.62. The Kier molecular flexibility index (Phi) is 10.7. The van der Waals surface area contributed by atoms with E-state index in [9.17, 15) is 10.2 Å². The first-order valence-electron chi connectivity index (χ1n) is 10.3. The van der Waals surface area contributed by atoms with Crippen molar-refractivity contribution in [1.29, 1.82) is 0 Å². The maximum Gasteiger partial charge on any atom is 0.502 e. The van der Waals surface area contributed by atoms with Gasteiger partial charge in [-0.25, -0.2) is 0 Å². The molecule has 0 spiro atoms. The molecule has 0 radical (unpaired) electrons. The Morgan fingerprint density at radius 3 is 1.62 bits per heavy atom. The highest BCUT2D eigenvalue weighted by atomic mass is 28.4. The quantitative estimate of drug-likeness (QED) is 0.153. The number of nitrogens with one attached hydrogen (secondary N) is 4. The third kappa shape index (κ3) is 8.28. The van der Waals surface area contributed by atoms with Crippen LogP contribution in [0.3, 0.4) is 0 Å². The molecule has 2 unspecified atom stereocenters. The van der Waals surface area contributed by atoms with Gasteiger partial charge in [-0.3, -0.25) is 0 Å². The molecule has 0 aliphatic rings. The highest BCUT2D eigenvalue weighted by Crippen LogP contribution is 2.18. The van der Waals surface area contributed by atoms with Gasteiger partial charge in [0.2, 0.25) is 6.35 Å². The van der Waals surface area contributed by atoms with Crippen molar-refractivity contribution in [3.05, 3.63) is 48.5 Å². The molecule has 10 nitrogen and oxygen atoms in total. The van der Waals surface area contributed by atoms with Crippen molar-refractivity contribution in [3.8, 4) is 0 Å². The van der Waals surface area contributed by atoms with Crippen LogP contribution in [0.15, 0.2) is 48.5 Å². The first-order valence-corrected chi connectivity index (χ1v) is 12.2. The van der Waals surface area contributed by atoms with E-state index in [1.54, 1.807) is 0 Å². The highest BCUT2D eigenvalue weighted by Gasteiger charge is 2.40. The van der Waals surface area contributed by atoms with Crippen LogP contribution in [0.2, 0.25) is 6.04 Å². The number of aliphatic hydroxyl groups excluding tert-OH is 3. The molecule has 7 N–H and O–H groups in total. The summed E-state index contributed by atoms with van der Waals surface area (Å²) in [5.41, 5.74) is 3.18. The number of rotatable bonds is 15. The Hall–Kier alpha value is -2.38. The lowest BCUT2D eigenvalue weighted by molar-refractivity contribution is 0.100. The standard InChI is InChI=1S/C21H34N4O6Si/c1-29-32(30-2,31-3)15-20(27)14-23-17-6-10-19(11-7-17)25-21(28)24-18-8-4-16(5-9-18)22-12-13-26/h4-11,20-28H,12-15H2,1-3H3. The molecular weight excluding hydrogens is 432 g/mol. The largest absolute Gasteiger partial charge is 0.502 e. The maximum atomic E-state index is 10.3. The fourth-order valence-electron chi connectivity index (χ4n) is 3.02. The normalized spacial score (nSPS) is 13.3. The van der Waals surface area contributed by atoms with Crippen LogP contribution in [0.5, 0.6) is 0 Å². The van der Waals surface area contributed by atoms with Crippen LogP contribution >= 0.6 is 0 Å². The van der Waals surface area contributed by atoms with Gasteiger partial charge >= 0.3 is 8.80 Å². The molecule has 0 saturated carbocycles. The van der Waals surface area contributed by atoms with E-state index in [0.29, 0.717) is 13.1 Å². The van der Waals surface area contributed by atoms with Crippen molar-refractivity contribution >= 4 is 31.6 Å². The fourth-order valence-corrected chi connectivity index (χ4v) is 4.74. The minimum Gasteiger partial charge on any atom is -0.395 e. The van der Waals surface area contributed by atoms with Gasteiger partial charge in [-0.1, -0.05) is 0 Å². The van der Waals surface area contributed by atoms with Crippen LogP contribution in [0.1, 0.15) is 0 Å². The Morgan fingerprint density at radius 1 is 0.750 bits per heavy atom. The number of benzene rings is 2. The van der Waals surface area contributed by atoms with Crippen molar-refractivity contribution in [1.82, 2.24) is 0 Å². The van der Waals surface area contributed by atoms with E-state index < -0.39 is 21.3 Å². The number of hydrogen-bond acceptors (Lipinski definition) is 10. The molecule has 32 heavy (non-hydrogen) atoms. The zero-order chi connectivity index (χ0) is 23.4. The second-order valence-corrected chi connectivity index (χ2v) is 10.0. The Morgan fingerprint density at radius 2 is 1.19 bits per heavy atom. The molecule has 0 aliphatic carbocycles. The molecule has 0 aliphatic heterocycles. The second-order valence-electron chi connectivity index (χ2n) is 7.03. The van der Waals surface area contributed by atoms with Crippen molar-refractivity contribution in [2.45, 2.75) is 18.5 Å². The van der Waals surface area contributed by atoms with Crippen molar-refractivity contribution in [2.75, 3.05) is 62.3 Å². The average molecular weight is 467 g/mol. The van der Waals surface area contributed by atoms with E-state index >= 15 is 0 Å². The fraction of sp³-hybridized carbons (Fsp3) is 0.429. The summed E-state index contributed by atoms with van der Waals surface area (Å²) in [6, 6.07) is 15.0. The second kappa shape index (κ2) is 13.2. The van der Waals surface area contributed by atoms with Gasteiger partial charge in [0.25, 0.3) is 0 Å². The Balaban J connectivity index is 1.79.